The molecule has 4 heteroatoms. The van der Waals surface area contributed by atoms with E-state index in [4.69, 9.17) is 23.2 Å². The van der Waals surface area contributed by atoms with Gasteiger partial charge in [-0.1, -0.05) is 23.7 Å². The molecule has 0 unspecified atom stereocenters. The summed E-state index contributed by atoms with van der Waals surface area (Å²) in [7, 11) is 2.06. The zero-order chi connectivity index (χ0) is 13.0. The minimum Gasteiger partial charge on any atom is -0.373 e. The molecule has 0 saturated carbocycles. The van der Waals surface area contributed by atoms with Crippen LogP contribution in [-0.4, -0.2) is 13.6 Å². The number of thiophene rings is 1. The van der Waals surface area contributed by atoms with Gasteiger partial charge in [-0.25, -0.2) is 0 Å². The molecule has 2 aromatic rings. The van der Waals surface area contributed by atoms with E-state index >= 15 is 0 Å². The van der Waals surface area contributed by atoms with E-state index in [9.17, 15) is 0 Å². The number of nitrogens with zero attached hydrogens (tertiary/aromatic N) is 1. The highest BCUT2D eigenvalue weighted by atomic mass is 35.5. The Hall–Kier alpha value is -0.700. The molecule has 0 radical (unpaired) electrons. The van der Waals surface area contributed by atoms with E-state index in [-0.39, 0.29) is 0 Å². The minimum atomic E-state index is 0.499. The summed E-state index contributed by atoms with van der Waals surface area (Å²) in [6.45, 7) is 0.959. The number of anilines is 1. The van der Waals surface area contributed by atoms with Gasteiger partial charge in [-0.15, -0.1) is 22.9 Å². The van der Waals surface area contributed by atoms with Crippen LogP contribution >= 0.6 is 34.5 Å². The number of alkyl halides is 1. The second-order valence-corrected chi connectivity index (χ2v) is 5.88. The molecule has 0 spiro atoms. The van der Waals surface area contributed by atoms with Crippen LogP contribution in [0.5, 0.6) is 0 Å². The van der Waals surface area contributed by atoms with Crippen molar-refractivity contribution in [2.45, 2.75) is 12.3 Å². The molecule has 0 aliphatic rings. The molecule has 0 atom stereocenters. The normalized spacial score (nSPS) is 10.6. The molecule has 1 nitrogen and oxygen atoms in total. The first-order valence-corrected chi connectivity index (χ1v) is 7.58. The maximum Gasteiger partial charge on any atom is 0.0642 e. The molecule has 96 valence electrons. The number of benzene rings is 1. The molecule has 1 heterocycles. The molecule has 1 aromatic heterocycles. The second-order valence-electron chi connectivity index (χ2n) is 4.17. The first kappa shape index (κ1) is 13.7. The van der Waals surface area contributed by atoms with E-state index in [2.05, 4.69) is 29.5 Å². The first-order valence-electron chi connectivity index (χ1n) is 5.78. The summed E-state index contributed by atoms with van der Waals surface area (Å²) in [5.74, 6) is 0.499. The third kappa shape index (κ3) is 3.41. The largest absolute Gasteiger partial charge is 0.373 e. The Morgan fingerprint density at radius 1 is 1.28 bits per heavy atom. The van der Waals surface area contributed by atoms with Gasteiger partial charge in [0.25, 0.3) is 0 Å². The van der Waals surface area contributed by atoms with E-state index in [1.807, 2.05) is 18.2 Å². The van der Waals surface area contributed by atoms with Crippen molar-refractivity contribution in [3.8, 4) is 0 Å². The van der Waals surface area contributed by atoms with Crippen LogP contribution in [0.2, 0.25) is 5.02 Å². The fourth-order valence-corrected chi connectivity index (χ4v) is 3.01. The summed E-state index contributed by atoms with van der Waals surface area (Å²) in [6, 6.07) is 10.2. The van der Waals surface area contributed by atoms with Crippen LogP contribution < -0.4 is 4.90 Å². The Labute approximate surface area is 122 Å². The predicted octanol–water partition coefficient (Wildman–Crippen LogP) is 4.82. The van der Waals surface area contributed by atoms with Gasteiger partial charge in [0.1, 0.15) is 0 Å². The maximum atomic E-state index is 6.27. The number of hydrogen-bond acceptors (Lipinski definition) is 2. The third-order valence-electron chi connectivity index (χ3n) is 2.85. The van der Waals surface area contributed by atoms with Crippen molar-refractivity contribution < 1.29 is 0 Å². The van der Waals surface area contributed by atoms with Gasteiger partial charge in [0.15, 0.2) is 0 Å². The summed E-state index contributed by atoms with van der Waals surface area (Å²) >= 11 is 13.8. The quantitative estimate of drug-likeness (QED) is 0.716. The average Bonchev–Trinajstić information content (AvgIpc) is 2.88. The molecule has 0 N–H and O–H groups in total. The third-order valence-corrected chi connectivity index (χ3v) is 4.40. The van der Waals surface area contributed by atoms with Crippen LogP contribution in [-0.2, 0) is 12.3 Å². The zero-order valence-electron chi connectivity index (χ0n) is 10.2. The summed E-state index contributed by atoms with van der Waals surface area (Å²) < 4.78 is 0. The monoisotopic (exact) mass is 299 g/mol. The van der Waals surface area contributed by atoms with Crippen molar-refractivity contribution in [1.82, 2.24) is 0 Å². The van der Waals surface area contributed by atoms with Gasteiger partial charge >= 0.3 is 0 Å². The summed E-state index contributed by atoms with van der Waals surface area (Å²) in [5, 5.41) is 2.87. The van der Waals surface area contributed by atoms with Crippen LogP contribution in [0.25, 0.3) is 0 Å². The van der Waals surface area contributed by atoms with Crippen molar-refractivity contribution in [1.29, 1.82) is 0 Å². The van der Waals surface area contributed by atoms with Crippen LogP contribution in [0.3, 0.4) is 0 Å². The highest BCUT2D eigenvalue weighted by Gasteiger charge is 2.07. The average molecular weight is 300 g/mol. The van der Waals surface area contributed by atoms with Crippen molar-refractivity contribution in [2.75, 3.05) is 18.5 Å². The molecule has 0 saturated heterocycles. The lowest BCUT2D eigenvalue weighted by Crippen LogP contribution is -2.20. The summed E-state index contributed by atoms with van der Waals surface area (Å²) in [5.41, 5.74) is 2.11. The molecular weight excluding hydrogens is 285 g/mol. The summed E-state index contributed by atoms with van der Waals surface area (Å²) in [4.78, 5) is 3.58. The van der Waals surface area contributed by atoms with E-state index in [1.54, 1.807) is 11.3 Å². The molecule has 0 fully saturated rings. The Kier molecular flexibility index (Phi) is 4.93. The van der Waals surface area contributed by atoms with Gasteiger partial charge in [0, 0.05) is 24.3 Å². The second kappa shape index (κ2) is 6.46. The van der Waals surface area contributed by atoms with Crippen LogP contribution in [0, 0.1) is 0 Å². The predicted molar refractivity (Wildman–Crippen MR) is 82.3 cm³/mol. The van der Waals surface area contributed by atoms with Gasteiger partial charge in [0.05, 0.1) is 10.7 Å². The topological polar surface area (TPSA) is 3.24 Å². The lowest BCUT2D eigenvalue weighted by atomic mass is 10.2. The van der Waals surface area contributed by atoms with E-state index in [1.165, 1.54) is 4.88 Å². The van der Waals surface area contributed by atoms with Crippen LogP contribution in [0.15, 0.2) is 35.7 Å². The lowest BCUT2D eigenvalue weighted by molar-refractivity contribution is 0.887. The molecule has 2 rings (SSSR count). The van der Waals surface area contributed by atoms with Gasteiger partial charge in [-0.2, -0.15) is 0 Å². The Morgan fingerprint density at radius 2 is 2.11 bits per heavy atom. The molecule has 1 aromatic carbocycles. The van der Waals surface area contributed by atoms with E-state index in [0.29, 0.717) is 5.88 Å². The van der Waals surface area contributed by atoms with Crippen molar-refractivity contribution in [3.63, 3.8) is 0 Å². The molecule has 0 aliphatic carbocycles. The summed E-state index contributed by atoms with van der Waals surface area (Å²) in [6.07, 6.45) is 1.04. The highest BCUT2D eigenvalue weighted by molar-refractivity contribution is 7.09. The fourth-order valence-electron chi connectivity index (χ4n) is 1.80. The molecular formula is C14H15Cl2NS. The molecule has 0 amide bonds. The van der Waals surface area contributed by atoms with Crippen molar-refractivity contribution in [2.24, 2.45) is 0 Å². The zero-order valence-corrected chi connectivity index (χ0v) is 12.5. The fraction of sp³-hybridized carbons (Fsp3) is 0.286. The molecule has 0 aliphatic heterocycles. The van der Waals surface area contributed by atoms with Crippen molar-refractivity contribution >= 4 is 40.2 Å². The molecule has 0 bridgehead atoms. The van der Waals surface area contributed by atoms with Gasteiger partial charge in [-0.05, 0) is 35.6 Å². The maximum absolute atomic E-state index is 6.27. The Morgan fingerprint density at radius 3 is 2.72 bits per heavy atom. The van der Waals surface area contributed by atoms with Gasteiger partial charge in [0.2, 0.25) is 0 Å². The van der Waals surface area contributed by atoms with Crippen molar-refractivity contribution in [3.05, 3.63) is 51.2 Å². The minimum absolute atomic E-state index is 0.499. The Balaban J connectivity index is 2.02. The number of hydrogen-bond donors (Lipinski definition) is 0. The number of halogens is 2. The van der Waals surface area contributed by atoms with E-state index in [0.717, 1.165) is 29.2 Å². The molecule has 18 heavy (non-hydrogen) atoms. The van der Waals surface area contributed by atoms with E-state index < -0.39 is 0 Å². The van der Waals surface area contributed by atoms with Gasteiger partial charge < -0.3 is 4.90 Å². The number of likely N-dealkylation sites (N-methyl/N-ethyl adjacent to an activating group) is 1. The smallest absolute Gasteiger partial charge is 0.0642 e. The van der Waals surface area contributed by atoms with Crippen LogP contribution in [0.1, 0.15) is 10.4 Å². The highest BCUT2D eigenvalue weighted by Crippen LogP contribution is 2.27. The standard InChI is InChI=1S/C14H15Cl2NS/c1-17(7-6-12-3-2-8-18-12)14-5-4-11(10-15)9-13(14)16/h2-5,8-9H,6-7,10H2,1H3. The van der Waals surface area contributed by atoms with Crippen LogP contribution in [0.4, 0.5) is 5.69 Å². The first-order chi connectivity index (χ1) is 8.70. The van der Waals surface area contributed by atoms with Gasteiger partial charge in [-0.3, -0.25) is 0 Å². The Bertz CT molecular complexity index is 497. The SMILES string of the molecule is CN(CCc1cccs1)c1ccc(CCl)cc1Cl. The number of rotatable bonds is 5. The lowest BCUT2D eigenvalue weighted by Gasteiger charge is -2.20.